The Morgan fingerprint density at radius 1 is 1.17 bits per heavy atom. The van der Waals surface area contributed by atoms with E-state index in [0.717, 1.165) is 34.2 Å². The Morgan fingerprint density at radius 2 is 1.97 bits per heavy atom. The number of nitrogen functional groups attached to an aromatic ring is 1. The molecule has 2 saturated heterocycles. The monoisotopic (exact) mass is 507 g/mol. The van der Waals surface area contributed by atoms with E-state index < -0.39 is 12.2 Å². The summed E-state index contributed by atoms with van der Waals surface area (Å²) in [5.41, 5.74) is 11.2. The highest BCUT2D eigenvalue weighted by Crippen LogP contribution is 2.36. The number of aromatic nitrogens is 1. The molecule has 0 radical (unpaired) electrons. The third kappa shape index (κ3) is 4.59. The molecule has 2 fully saturated rings. The molecule has 2 atom stereocenters. The van der Waals surface area contributed by atoms with Crippen LogP contribution in [0.15, 0.2) is 48.5 Å². The van der Waals surface area contributed by atoms with Crippen molar-refractivity contribution in [3.05, 3.63) is 59.7 Å². The van der Waals surface area contributed by atoms with Crippen molar-refractivity contribution in [1.29, 1.82) is 0 Å². The summed E-state index contributed by atoms with van der Waals surface area (Å²) < 4.78 is 0.957. The molecular formula is C25H29N7O3S. The number of rotatable bonds is 7. The smallest absolute Gasteiger partial charge is 0.329 e. The fourth-order valence-corrected chi connectivity index (χ4v) is 5.61. The minimum Gasteiger partial charge on any atom is -0.375 e. The zero-order valence-electron chi connectivity index (χ0n) is 20.0. The number of anilines is 1. The molecule has 0 bridgehead atoms. The van der Waals surface area contributed by atoms with Crippen LogP contribution in [0.5, 0.6) is 0 Å². The molecule has 2 aliphatic rings. The molecule has 3 heterocycles. The highest BCUT2D eigenvalue weighted by Gasteiger charge is 2.51. The maximum Gasteiger partial charge on any atom is 0.329 e. The predicted molar refractivity (Wildman–Crippen MR) is 137 cm³/mol. The van der Waals surface area contributed by atoms with Crippen molar-refractivity contribution in [3.8, 4) is 0 Å². The van der Waals surface area contributed by atoms with E-state index >= 15 is 0 Å². The summed E-state index contributed by atoms with van der Waals surface area (Å²) in [6.45, 7) is 3.16. The normalized spacial score (nSPS) is 20.1. The first-order chi connectivity index (χ1) is 17.5. The number of fused-ring (bicyclic) bond motifs is 2. The third-order valence-corrected chi connectivity index (χ3v) is 7.39. The fourth-order valence-electron chi connectivity index (χ4n) is 4.83. The summed E-state index contributed by atoms with van der Waals surface area (Å²) in [6.07, 6.45) is 1.33. The number of nitrogens with zero attached hydrogens (tertiary/aromatic N) is 4. The molecule has 3 aromatic rings. The first-order valence-corrected chi connectivity index (χ1v) is 12.9. The van der Waals surface area contributed by atoms with Crippen molar-refractivity contribution in [2.45, 2.75) is 38.5 Å². The fraction of sp³-hybridized carbons (Fsp3) is 0.360. The van der Waals surface area contributed by atoms with E-state index in [9.17, 15) is 14.4 Å². The first-order valence-electron chi connectivity index (χ1n) is 12.1. The number of amides is 4. The zero-order valence-corrected chi connectivity index (χ0v) is 20.8. The topological polar surface area (TPSA) is 124 Å². The second-order valence-electron chi connectivity index (χ2n) is 8.98. The van der Waals surface area contributed by atoms with Gasteiger partial charge in [-0.3, -0.25) is 15.0 Å². The molecule has 0 saturated carbocycles. The van der Waals surface area contributed by atoms with Gasteiger partial charge in [-0.1, -0.05) is 67.1 Å². The number of thiazole rings is 1. The molecule has 2 aliphatic heterocycles. The number of para-hydroxylation sites is 1. The number of benzene rings is 2. The van der Waals surface area contributed by atoms with E-state index in [-0.39, 0.29) is 30.9 Å². The Bertz CT molecular complexity index is 1280. The highest BCUT2D eigenvalue weighted by atomic mass is 32.1. The first kappa shape index (κ1) is 24.0. The second-order valence-corrected chi connectivity index (χ2v) is 10.0. The van der Waals surface area contributed by atoms with Gasteiger partial charge in [0.25, 0.3) is 5.91 Å². The Balaban J connectivity index is 1.45. The van der Waals surface area contributed by atoms with E-state index in [1.165, 1.54) is 11.3 Å². The Labute approximate surface area is 213 Å². The van der Waals surface area contributed by atoms with Crippen LogP contribution in [-0.2, 0) is 16.1 Å². The minimum atomic E-state index is -0.785. The molecule has 4 amide bonds. The summed E-state index contributed by atoms with van der Waals surface area (Å²) >= 11 is 1.41. The largest absolute Gasteiger partial charge is 0.375 e. The van der Waals surface area contributed by atoms with Gasteiger partial charge in [-0.05, 0) is 23.6 Å². The van der Waals surface area contributed by atoms with Crippen LogP contribution in [0.2, 0.25) is 0 Å². The minimum absolute atomic E-state index is 0.00544. The number of carbonyl (C=O) groups is 3. The maximum absolute atomic E-state index is 13.8. The van der Waals surface area contributed by atoms with Gasteiger partial charge in [0, 0.05) is 13.1 Å². The van der Waals surface area contributed by atoms with Crippen LogP contribution >= 0.6 is 11.3 Å². The number of carbonyl (C=O) groups excluding carboxylic acids is 3. The van der Waals surface area contributed by atoms with Gasteiger partial charge < -0.3 is 20.9 Å². The van der Waals surface area contributed by atoms with Crippen LogP contribution in [0, 0.1) is 0 Å². The maximum atomic E-state index is 13.8. The van der Waals surface area contributed by atoms with E-state index in [1.54, 1.807) is 14.8 Å². The molecule has 188 valence electrons. The van der Waals surface area contributed by atoms with E-state index in [1.807, 2.05) is 48.5 Å². The average molecular weight is 508 g/mol. The summed E-state index contributed by atoms with van der Waals surface area (Å²) in [7, 11) is 0. The van der Waals surface area contributed by atoms with E-state index in [2.05, 4.69) is 22.7 Å². The molecule has 1 aromatic heterocycles. The lowest BCUT2D eigenvalue weighted by Gasteiger charge is -2.44. The number of hydrazine groups is 1. The molecule has 0 spiro atoms. The van der Waals surface area contributed by atoms with Crippen molar-refractivity contribution < 1.29 is 14.4 Å². The number of nitrogens with two attached hydrogens (primary N) is 1. The van der Waals surface area contributed by atoms with Crippen LogP contribution in [-0.4, -0.2) is 63.4 Å². The van der Waals surface area contributed by atoms with Crippen LogP contribution in [0.4, 0.5) is 9.93 Å². The summed E-state index contributed by atoms with van der Waals surface area (Å²) in [6, 6.07) is 14.0. The van der Waals surface area contributed by atoms with E-state index in [0.29, 0.717) is 18.2 Å². The molecule has 0 aliphatic carbocycles. The van der Waals surface area contributed by atoms with Gasteiger partial charge in [0.05, 0.1) is 23.3 Å². The Morgan fingerprint density at radius 3 is 2.75 bits per heavy atom. The van der Waals surface area contributed by atoms with Crippen LogP contribution < -0.4 is 16.5 Å². The number of hydrogen-bond acceptors (Lipinski definition) is 7. The van der Waals surface area contributed by atoms with Crippen LogP contribution in [0.1, 0.15) is 36.9 Å². The van der Waals surface area contributed by atoms with Gasteiger partial charge in [-0.25, -0.2) is 9.78 Å². The zero-order chi connectivity index (χ0) is 25.2. The number of hydrogen-bond donors (Lipinski definition) is 3. The van der Waals surface area contributed by atoms with Gasteiger partial charge in [0.2, 0.25) is 5.91 Å². The highest BCUT2D eigenvalue weighted by molar-refractivity contribution is 7.22. The number of nitrogens with one attached hydrogen (secondary N) is 2. The molecule has 2 aromatic carbocycles. The summed E-state index contributed by atoms with van der Waals surface area (Å²) in [4.78, 5) is 47.3. The van der Waals surface area contributed by atoms with Crippen LogP contribution in [0.3, 0.4) is 0 Å². The third-order valence-electron chi connectivity index (χ3n) is 6.54. The van der Waals surface area contributed by atoms with Gasteiger partial charge in [0.1, 0.15) is 12.2 Å². The lowest BCUT2D eigenvalue weighted by atomic mass is 10.00. The van der Waals surface area contributed by atoms with Crippen molar-refractivity contribution in [1.82, 2.24) is 30.5 Å². The number of unbranched alkanes of at least 4 members (excludes halogenated alkanes) is 1. The molecule has 11 heteroatoms. The van der Waals surface area contributed by atoms with Crippen LogP contribution in [0.25, 0.3) is 10.2 Å². The lowest BCUT2D eigenvalue weighted by Crippen LogP contribution is -2.62. The molecule has 0 unspecified atom stereocenters. The quantitative estimate of drug-likeness (QED) is 0.422. The lowest BCUT2D eigenvalue weighted by molar-refractivity contribution is -0.155. The standard InChI is InChI=1S/C25H29N7O3S/c1-2-3-12-27-25(35)29-31-15-20(33)32-19(31)14-30(23(34)22(32)16-8-5-4-6-9-16)13-17-10-7-11-18-21(17)28-24(26)36-18/h4-11,19,22H,2-3,12-15H2,1H3,(H2,26,28)(H2,27,29,35)/t19-,22+/m1/s1. The summed E-state index contributed by atoms with van der Waals surface area (Å²) in [5, 5.41) is 4.92. The summed E-state index contributed by atoms with van der Waals surface area (Å²) in [5.74, 6) is -0.370. The average Bonchev–Trinajstić information content (AvgIpc) is 3.39. The number of urea groups is 1. The molecule has 4 N–H and O–H groups in total. The van der Waals surface area contributed by atoms with Gasteiger partial charge in [-0.2, -0.15) is 5.01 Å². The Hall–Kier alpha value is -3.70. The van der Waals surface area contributed by atoms with Crippen molar-refractivity contribution >= 4 is 44.5 Å². The second kappa shape index (κ2) is 10.1. The number of piperazine rings is 1. The molecule has 10 nitrogen and oxygen atoms in total. The van der Waals surface area contributed by atoms with Crippen molar-refractivity contribution in [3.63, 3.8) is 0 Å². The SMILES string of the molecule is CCCCNC(=O)NN1CC(=O)N2[C@@H](c3ccccc3)C(=O)N(Cc3cccc4sc(N)nc34)C[C@H]12. The van der Waals surface area contributed by atoms with Crippen molar-refractivity contribution in [2.75, 3.05) is 25.4 Å². The molecule has 36 heavy (non-hydrogen) atoms. The molecular weight excluding hydrogens is 478 g/mol. The van der Waals surface area contributed by atoms with Gasteiger partial charge in [-0.15, -0.1) is 0 Å². The molecule has 5 rings (SSSR count). The van der Waals surface area contributed by atoms with Gasteiger partial charge >= 0.3 is 6.03 Å². The Kier molecular flexibility index (Phi) is 6.75. The van der Waals surface area contributed by atoms with Gasteiger partial charge in [0.15, 0.2) is 5.13 Å². The van der Waals surface area contributed by atoms with Crippen molar-refractivity contribution in [2.24, 2.45) is 0 Å². The van der Waals surface area contributed by atoms with E-state index in [4.69, 9.17) is 5.73 Å². The predicted octanol–water partition coefficient (Wildman–Crippen LogP) is 2.45.